The molecule has 4 fully saturated rings. The van der Waals surface area contributed by atoms with E-state index in [2.05, 4.69) is 5.10 Å². The number of hydrogen-bond donors (Lipinski definition) is 1. The van der Waals surface area contributed by atoms with Gasteiger partial charge in [0.15, 0.2) is 0 Å². The van der Waals surface area contributed by atoms with Gasteiger partial charge >= 0.3 is 0 Å². The Morgan fingerprint density at radius 1 is 1.25 bits per heavy atom. The third-order valence-corrected chi connectivity index (χ3v) is 5.65. The Labute approximate surface area is 118 Å². The molecule has 5 heteroatoms. The summed E-state index contributed by atoms with van der Waals surface area (Å²) in [5, 5.41) is 5.91. The highest BCUT2D eigenvalue weighted by Crippen LogP contribution is 2.58. The average molecular weight is 274 g/mol. The van der Waals surface area contributed by atoms with Crippen molar-refractivity contribution in [1.29, 1.82) is 0 Å². The fraction of sp³-hybridized carbons (Fsp3) is 0.733. The minimum Gasteiger partial charge on any atom is -0.312 e. The van der Waals surface area contributed by atoms with Crippen LogP contribution in [0.2, 0.25) is 0 Å². The maximum atomic E-state index is 12.5. The van der Waals surface area contributed by atoms with Crippen LogP contribution < -0.4 is 16.4 Å². The summed E-state index contributed by atoms with van der Waals surface area (Å²) in [5.74, 6) is 8.12. The van der Waals surface area contributed by atoms with Gasteiger partial charge in [0.05, 0.1) is 17.4 Å². The van der Waals surface area contributed by atoms with E-state index in [9.17, 15) is 4.79 Å². The van der Waals surface area contributed by atoms with Crippen molar-refractivity contribution in [3.05, 3.63) is 22.6 Å². The molecule has 108 valence electrons. The standard InChI is InChI=1S/C15H22N4O/c1-18(16)13-5-14(20)19(17-9-13)15-6-10-2-11(7-15)4-12(3-10)8-15/h5,9-12H,2-4,6-8,16H2,1H3. The number of nitrogens with zero attached hydrogens (tertiary/aromatic N) is 3. The van der Waals surface area contributed by atoms with Gasteiger partial charge in [0.1, 0.15) is 0 Å². The normalized spacial score (nSPS) is 38.2. The van der Waals surface area contributed by atoms with Crippen LogP contribution in [0.3, 0.4) is 0 Å². The minimum atomic E-state index is -0.00245. The summed E-state index contributed by atoms with van der Waals surface area (Å²) in [6.45, 7) is 0. The first kappa shape index (κ1) is 12.4. The van der Waals surface area contributed by atoms with Crippen molar-refractivity contribution in [3.63, 3.8) is 0 Å². The van der Waals surface area contributed by atoms with Gasteiger partial charge in [-0.05, 0) is 56.3 Å². The fourth-order valence-electron chi connectivity index (χ4n) is 5.27. The summed E-state index contributed by atoms with van der Waals surface area (Å²) in [4.78, 5) is 12.5. The molecule has 5 rings (SSSR count). The van der Waals surface area contributed by atoms with Crippen LogP contribution in [0.15, 0.2) is 17.1 Å². The maximum Gasteiger partial charge on any atom is 0.269 e. The van der Waals surface area contributed by atoms with Gasteiger partial charge in [0, 0.05) is 13.1 Å². The molecule has 1 heterocycles. The first-order valence-electron chi connectivity index (χ1n) is 7.64. The Hall–Kier alpha value is -1.36. The predicted molar refractivity (Wildman–Crippen MR) is 77.2 cm³/mol. The van der Waals surface area contributed by atoms with Gasteiger partial charge in [-0.3, -0.25) is 4.79 Å². The van der Waals surface area contributed by atoms with Gasteiger partial charge in [-0.15, -0.1) is 0 Å². The van der Waals surface area contributed by atoms with Crippen molar-refractivity contribution in [2.75, 3.05) is 12.1 Å². The number of hydrazine groups is 1. The lowest BCUT2D eigenvalue weighted by Crippen LogP contribution is -2.55. The highest BCUT2D eigenvalue weighted by atomic mass is 16.1. The molecule has 0 atom stereocenters. The van der Waals surface area contributed by atoms with Gasteiger partial charge in [-0.25, -0.2) is 10.5 Å². The molecule has 0 aliphatic heterocycles. The molecule has 4 aliphatic carbocycles. The number of anilines is 1. The van der Waals surface area contributed by atoms with Crippen LogP contribution in [0.25, 0.3) is 0 Å². The molecule has 1 aromatic heterocycles. The Kier molecular flexibility index (Phi) is 2.52. The van der Waals surface area contributed by atoms with E-state index in [0.29, 0.717) is 5.69 Å². The predicted octanol–water partition coefficient (Wildman–Crippen LogP) is 1.48. The molecule has 0 spiro atoms. The van der Waals surface area contributed by atoms with Crippen LogP contribution in [-0.4, -0.2) is 16.8 Å². The topological polar surface area (TPSA) is 64.2 Å². The first-order chi connectivity index (χ1) is 9.56. The molecular formula is C15H22N4O. The molecule has 0 unspecified atom stereocenters. The van der Waals surface area contributed by atoms with Gasteiger partial charge in [-0.2, -0.15) is 5.10 Å². The van der Waals surface area contributed by atoms with Crippen LogP contribution in [0, 0.1) is 17.8 Å². The van der Waals surface area contributed by atoms with Crippen molar-refractivity contribution in [3.8, 4) is 0 Å². The lowest BCUT2D eigenvalue weighted by Gasteiger charge is -2.56. The first-order valence-corrected chi connectivity index (χ1v) is 7.64. The van der Waals surface area contributed by atoms with E-state index < -0.39 is 0 Å². The van der Waals surface area contributed by atoms with Crippen LogP contribution in [0.1, 0.15) is 38.5 Å². The summed E-state index contributed by atoms with van der Waals surface area (Å²) in [6, 6.07) is 1.62. The fourth-order valence-corrected chi connectivity index (χ4v) is 5.27. The molecule has 0 saturated heterocycles. The SMILES string of the molecule is CN(N)c1cnn(C23CC4CC(CC(C4)C2)C3)c(=O)c1. The second kappa shape index (κ2) is 4.07. The quantitative estimate of drug-likeness (QED) is 0.655. The van der Waals surface area contributed by atoms with E-state index in [0.717, 1.165) is 37.0 Å². The van der Waals surface area contributed by atoms with Gasteiger partial charge in [-0.1, -0.05) is 0 Å². The molecular weight excluding hydrogens is 252 g/mol. The molecule has 0 radical (unpaired) electrons. The highest BCUT2D eigenvalue weighted by molar-refractivity contribution is 5.39. The van der Waals surface area contributed by atoms with Gasteiger partial charge in [0.2, 0.25) is 0 Å². The van der Waals surface area contributed by atoms with Crippen molar-refractivity contribution in [2.45, 2.75) is 44.1 Å². The molecule has 5 nitrogen and oxygen atoms in total. The Balaban J connectivity index is 1.75. The number of hydrogen-bond acceptors (Lipinski definition) is 4. The smallest absolute Gasteiger partial charge is 0.269 e. The van der Waals surface area contributed by atoms with E-state index in [1.807, 2.05) is 0 Å². The summed E-state index contributed by atoms with van der Waals surface area (Å²) in [5.41, 5.74) is 0.676. The van der Waals surface area contributed by atoms with Crippen LogP contribution >= 0.6 is 0 Å². The molecule has 0 amide bonds. The lowest BCUT2D eigenvalue weighted by atomic mass is 9.53. The van der Waals surface area contributed by atoms with E-state index in [1.54, 1.807) is 24.0 Å². The molecule has 4 saturated carbocycles. The highest BCUT2D eigenvalue weighted by Gasteiger charge is 2.52. The van der Waals surface area contributed by atoms with E-state index in [-0.39, 0.29) is 11.1 Å². The molecule has 20 heavy (non-hydrogen) atoms. The Morgan fingerprint density at radius 2 is 1.80 bits per heavy atom. The van der Waals surface area contributed by atoms with E-state index in [1.165, 1.54) is 24.3 Å². The van der Waals surface area contributed by atoms with Gasteiger partial charge < -0.3 is 5.01 Å². The summed E-state index contributed by atoms with van der Waals surface area (Å²) < 4.78 is 1.78. The minimum absolute atomic E-state index is 0.00162. The zero-order valence-corrected chi connectivity index (χ0v) is 12.0. The van der Waals surface area contributed by atoms with E-state index in [4.69, 9.17) is 5.84 Å². The Bertz CT molecular complexity index is 556. The number of aromatic nitrogens is 2. The third-order valence-electron chi connectivity index (χ3n) is 5.65. The molecule has 4 aliphatic rings. The van der Waals surface area contributed by atoms with Gasteiger partial charge in [0.25, 0.3) is 5.56 Å². The van der Waals surface area contributed by atoms with Crippen LogP contribution in [0.4, 0.5) is 5.69 Å². The zero-order valence-electron chi connectivity index (χ0n) is 12.0. The summed E-state index contributed by atoms with van der Waals surface area (Å²) in [7, 11) is 1.73. The number of rotatable bonds is 2. The molecule has 2 N–H and O–H groups in total. The van der Waals surface area contributed by atoms with Crippen LogP contribution in [-0.2, 0) is 5.54 Å². The second-order valence-corrected chi connectivity index (χ2v) is 7.22. The molecule has 1 aromatic rings. The average Bonchev–Trinajstić information content (AvgIpc) is 2.36. The molecule has 0 aromatic carbocycles. The largest absolute Gasteiger partial charge is 0.312 e. The van der Waals surface area contributed by atoms with E-state index >= 15 is 0 Å². The zero-order chi connectivity index (χ0) is 13.9. The third kappa shape index (κ3) is 1.72. The Morgan fingerprint density at radius 3 is 2.25 bits per heavy atom. The summed E-state index contributed by atoms with van der Waals surface area (Å²) in [6.07, 6.45) is 9.27. The van der Waals surface area contributed by atoms with Crippen molar-refractivity contribution < 1.29 is 0 Å². The second-order valence-electron chi connectivity index (χ2n) is 7.22. The lowest BCUT2D eigenvalue weighted by molar-refractivity contribution is -0.0519. The maximum absolute atomic E-state index is 12.5. The van der Waals surface area contributed by atoms with Crippen molar-refractivity contribution >= 4 is 5.69 Å². The molecule has 4 bridgehead atoms. The summed E-state index contributed by atoms with van der Waals surface area (Å²) >= 11 is 0. The number of nitrogens with two attached hydrogens (primary N) is 1. The van der Waals surface area contributed by atoms with Crippen LogP contribution in [0.5, 0.6) is 0 Å². The van der Waals surface area contributed by atoms with Crippen molar-refractivity contribution in [1.82, 2.24) is 9.78 Å². The van der Waals surface area contributed by atoms with Crippen molar-refractivity contribution in [2.24, 2.45) is 23.6 Å². The monoisotopic (exact) mass is 274 g/mol.